The lowest BCUT2D eigenvalue weighted by atomic mass is 9.94. The third kappa shape index (κ3) is 2.57. The highest BCUT2D eigenvalue weighted by atomic mass is 16.3. The third-order valence-corrected chi connectivity index (χ3v) is 5.12. The van der Waals surface area contributed by atoms with E-state index in [1.165, 1.54) is 19.3 Å². The van der Waals surface area contributed by atoms with Gasteiger partial charge in [0.2, 0.25) is 0 Å². The van der Waals surface area contributed by atoms with Crippen molar-refractivity contribution in [2.45, 2.75) is 25.8 Å². The molecule has 4 heteroatoms. The van der Waals surface area contributed by atoms with Crippen LogP contribution < -0.4 is 0 Å². The SMILES string of the molecule is O=C1c2cccc3c(O)ccc(c23)CN1CCN1CCCCC1. The van der Waals surface area contributed by atoms with Crippen molar-refractivity contribution in [2.75, 3.05) is 26.2 Å². The summed E-state index contributed by atoms with van der Waals surface area (Å²) in [5.74, 6) is 0.339. The zero-order chi connectivity index (χ0) is 15.8. The number of benzene rings is 2. The molecule has 2 aromatic rings. The number of aromatic hydroxyl groups is 1. The molecular formula is C19H22N2O2. The van der Waals surface area contributed by atoms with Gasteiger partial charge in [-0.05, 0) is 43.6 Å². The Kier molecular flexibility index (Phi) is 3.69. The number of rotatable bonds is 3. The minimum Gasteiger partial charge on any atom is -0.507 e. The van der Waals surface area contributed by atoms with E-state index in [0.29, 0.717) is 6.54 Å². The maximum Gasteiger partial charge on any atom is 0.254 e. The van der Waals surface area contributed by atoms with Gasteiger partial charge in [-0.25, -0.2) is 0 Å². The van der Waals surface area contributed by atoms with E-state index in [-0.39, 0.29) is 11.7 Å². The first-order valence-electron chi connectivity index (χ1n) is 8.49. The molecule has 2 aliphatic rings. The van der Waals surface area contributed by atoms with Crippen LogP contribution in [-0.4, -0.2) is 47.0 Å². The molecule has 1 amide bonds. The van der Waals surface area contributed by atoms with Crippen molar-refractivity contribution < 1.29 is 9.90 Å². The summed E-state index contributed by atoms with van der Waals surface area (Å²) in [5.41, 5.74) is 1.85. The summed E-state index contributed by atoms with van der Waals surface area (Å²) in [5, 5.41) is 11.7. The van der Waals surface area contributed by atoms with Crippen LogP contribution in [0.2, 0.25) is 0 Å². The quantitative estimate of drug-likeness (QED) is 0.948. The fourth-order valence-electron chi connectivity index (χ4n) is 3.85. The molecule has 0 bridgehead atoms. The predicted octanol–water partition coefficient (Wildman–Crippen LogP) is 2.99. The highest BCUT2D eigenvalue weighted by Gasteiger charge is 2.26. The van der Waals surface area contributed by atoms with E-state index in [1.807, 2.05) is 29.2 Å². The normalized spacial score (nSPS) is 18.6. The Labute approximate surface area is 136 Å². The molecule has 2 aromatic carbocycles. The molecule has 1 saturated heterocycles. The number of piperidine rings is 1. The first-order chi connectivity index (χ1) is 11.2. The van der Waals surface area contributed by atoms with Crippen molar-refractivity contribution in [3.63, 3.8) is 0 Å². The summed E-state index contributed by atoms with van der Waals surface area (Å²) in [4.78, 5) is 17.2. The average molecular weight is 310 g/mol. The van der Waals surface area contributed by atoms with Gasteiger partial charge in [0.05, 0.1) is 0 Å². The van der Waals surface area contributed by atoms with Crippen molar-refractivity contribution in [1.82, 2.24) is 9.80 Å². The molecule has 1 fully saturated rings. The lowest BCUT2D eigenvalue weighted by Gasteiger charge is -2.32. The first kappa shape index (κ1) is 14.5. The summed E-state index contributed by atoms with van der Waals surface area (Å²) in [7, 11) is 0. The van der Waals surface area contributed by atoms with Gasteiger partial charge in [-0.3, -0.25) is 4.79 Å². The van der Waals surface area contributed by atoms with Gasteiger partial charge in [-0.2, -0.15) is 0 Å². The van der Waals surface area contributed by atoms with Crippen LogP contribution in [0, 0.1) is 0 Å². The minimum absolute atomic E-state index is 0.0886. The molecule has 0 aliphatic carbocycles. The van der Waals surface area contributed by atoms with Crippen LogP contribution in [0.5, 0.6) is 5.75 Å². The van der Waals surface area contributed by atoms with Crippen LogP contribution in [0.15, 0.2) is 30.3 Å². The number of nitrogens with zero attached hydrogens (tertiary/aromatic N) is 2. The third-order valence-electron chi connectivity index (χ3n) is 5.12. The summed E-state index contributed by atoms with van der Waals surface area (Å²) >= 11 is 0. The van der Waals surface area contributed by atoms with Crippen molar-refractivity contribution in [2.24, 2.45) is 0 Å². The molecule has 0 spiro atoms. The summed E-state index contributed by atoms with van der Waals surface area (Å²) < 4.78 is 0. The van der Waals surface area contributed by atoms with Gasteiger partial charge in [-0.15, -0.1) is 0 Å². The molecule has 2 heterocycles. The Balaban J connectivity index is 1.59. The lowest BCUT2D eigenvalue weighted by Crippen LogP contribution is -2.41. The van der Waals surface area contributed by atoms with Crippen LogP contribution >= 0.6 is 0 Å². The molecule has 2 aliphatic heterocycles. The van der Waals surface area contributed by atoms with Gasteiger partial charge in [0.25, 0.3) is 5.91 Å². The van der Waals surface area contributed by atoms with E-state index < -0.39 is 0 Å². The number of hydrogen-bond acceptors (Lipinski definition) is 3. The van der Waals surface area contributed by atoms with E-state index in [9.17, 15) is 9.90 Å². The Hall–Kier alpha value is -2.07. The molecule has 4 nitrogen and oxygen atoms in total. The summed E-state index contributed by atoms with van der Waals surface area (Å²) in [6.45, 7) is 4.68. The van der Waals surface area contributed by atoms with Gasteiger partial charge < -0.3 is 14.9 Å². The van der Waals surface area contributed by atoms with Crippen molar-refractivity contribution in [1.29, 1.82) is 0 Å². The Morgan fingerprint density at radius 1 is 1.00 bits per heavy atom. The van der Waals surface area contributed by atoms with E-state index in [4.69, 9.17) is 0 Å². The molecule has 4 rings (SSSR count). The number of likely N-dealkylation sites (tertiary alicyclic amines) is 1. The second kappa shape index (κ2) is 5.85. The van der Waals surface area contributed by atoms with E-state index in [1.54, 1.807) is 6.07 Å². The van der Waals surface area contributed by atoms with Gasteiger partial charge in [0.15, 0.2) is 0 Å². The number of amides is 1. The van der Waals surface area contributed by atoms with E-state index >= 15 is 0 Å². The van der Waals surface area contributed by atoms with Crippen LogP contribution in [0.3, 0.4) is 0 Å². The molecule has 0 aromatic heterocycles. The fraction of sp³-hybridized carbons (Fsp3) is 0.421. The number of carbonyl (C=O) groups excluding carboxylic acids is 1. The van der Waals surface area contributed by atoms with Crippen LogP contribution in [0.4, 0.5) is 0 Å². The minimum atomic E-state index is 0.0886. The lowest BCUT2D eigenvalue weighted by molar-refractivity contribution is 0.0710. The van der Waals surface area contributed by atoms with Crippen LogP contribution in [0.1, 0.15) is 35.2 Å². The molecule has 0 atom stereocenters. The molecule has 1 N–H and O–H groups in total. The zero-order valence-electron chi connectivity index (χ0n) is 13.3. The number of hydrogen-bond donors (Lipinski definition) is 1. The van der Waals surface area contributed by atoms with Crippen molar-refractivity contribution >= 4 is 16.7 Å². The maximum atomic E-state index is 12.8. The standard InChI is InChI=1S/C19H22N2O2/c22-17-8-7-14-13-21(12-11-20-9-2-1-3-10-20)19(23)16-6-4-5-15(17)18(14)16/h4-8,22H,1-3,9-13H2. The fourth-order valence-corrected chi connectivity index (χ4v) is 3.85. The molecule has 0 radical (unpaired) electrons. The van der Waals surface area contributed by atoms with Crippen molar-refractivity contribution in [3.8, 4) is 5.75 Å². The smallest absolute Gasteiger partial charge is 0.254 e. The molecule has 0 saturated carbocycles. The van der Waals surface area contributed by atoms with Gasteiger partial charge >= 0.3 is 0 Å². The Morgan fingerprint density at radius 2 is 1.83 bits per heavy atom. The summed E-state index contributed by atoms with van der Waals surface area (Å²) in [6, 6.07) is 9.30. The highest BCUT2D eigenvalue weighted by Crippen LogP contribution is 2.34. The largest absolute Gasteiger partial charge is 0.507 e. The maximum absolute atomic E-state index is 12.8. The monoisotopic (exact) mass is 310 g/mol. The van der Waals surface area contributed by atoms with Gasteiger partial charge in [0.1, 0.15) is 5.75 Å². The van der Waals surface area contributed by atoms with Gasteiger partial charge in [-0.1, -0.05) is 24.6 Å². The number of phenols is 1. The van der Waals surface area contributed by atoms with E-state index in [0.717, 1.165) is 48.1 Å². The van der Waals surface area contributed by atoms with Crippen LogP contribution in [0.25, 0.3) is 10.8 Å². The molecule has 120 valence electrons. The summed E-state index contributed by atoms with van der Waals surface area (Å²) in [6.07, 6.45) is 3.88. The second-order valence-corrected chi connectivity index (χ2v) is 6.60. The van der Waals surface area contributed by atoms with E-state index in [2.05, 4.69) is 4.90 Å². The first-order valence-corrected chi connectivity index (χ1v) is 8.49. The van der Waals surface area contributed by atoms with Crippen LogP contribution in [-0.2, 0) is 6.54 Å². The second-order valence-electron chi connectivity index (χ2n) is 6.60. The average Bonchev–Trinajstić information content (AvgIpc) is 2.60. The zero-order valence-corrected chi connectivity index (χ0v) is 13.3. The number of carbonyl (C=O) groups is 1. The molecular weight excluding hydrogens is 288 g/mol. The number of phenolic OH excluding ortho intramolecular Hbond substituents is 1. The molecule has 23 heavy (non-hydrogen) atoms. The Morgan fingerprint density at radius 3 is 2.65 bits per heavy atom. The molecule has 0 unspecified atom stereocenters. The Bertz CT molecular complexity index is 750. The topological polar surface area (TPSA) is 43.8 Å². The van der Waals surface area contributed by atoms with Gasteiger partial charge in [0, 0.05) is 36.0 Å². The predicted molar refractivity (Wildman–Crippen MR) is 90.6 cm³/mol. The highest BCUT2D eigenvalue weighted by molar-refractivity contribution is 6.11. The van der Waals surface area contributed by atoms with Crippen molar-refractivity contribution in [3.05, 3.63) is 41.5 Å².